The van der Waals surface area contributed by atoms with Crippen molar-refractivity contribution < 1.29 is 9.90 Å². The number of rotatable bonds is 7. The zero-order valence-electron chi connectivity index (χ0n) is 16.8. The molecule has 0 bridgehead atoms. The van der Waals surface area contributed by atoms with Crippen LogP contribution in [-0.2, 0) is 0 Å². The Kier molecular flexibility index (Phi) is 5.86. The lowest BCUT2D eigenvalue weighted by Gasteiger charge is -2.28. The molecule has 1 amide bonds. The number of para-hydroxylation sites is 1. The van der Waals surface area contributed by atoms with Crippen LogP contribution >= 0.6 is 0 Å². The first kappa shape index (κ1) is 19.8. The van der Waals surface area contributed by atoms with Crippen LogP contribution in [-0.4, -0.2) is 45.0 Å². The summed E-state index contributed by atoms with van der Waals surface area (Å²) in [6.07, 6.45) is 3.04. The molecule has 1 aliphatic rings. The Morgan fingerprint density at radius 1 is 1.37 bits per heavy atom. The maximum atomic E-state index is 12.9. The number of fused-ring (bicyclic) bond motifs is 1. The topological polar surface area (TPSA) is 79.2 Å². The van der Waals surface area contributed by atoms with Gasteiger partial charge in [-0.25, -0.2) is 0 Å². The molecule has 1 aliphatic heterocycles. The molecule has 6 nitrogen and oxygen atoms in total. The summed E-state index contributed by atoms with van der Waals surface area (Å²) < 4.78 is 1.91. The molecule has 0 radical (unpaired) electrons. The standard InChI is InChI=1S/C21H32N4O2/c1-5-21(27,6-2)12-15-11-16(13-22-15)23-20(26)19-17-9-7-8-10-18(17)25(24-19)14(3)4/h7-10,14-16,22,27H,5-6,11-13H2,1-4H3,(H,23,26)/t15-,16-/m0/s1. The molecule has 3 rings (SSSR count). The number of carbonyl (C=O) groups excluding carboxylic acids is 1. The normalized spacial score (nSPS) is 20.5. The summed E-state index contributed by atoms with van der Waals surface area (Å²) in [4.78, 5) is 12.9. The Morgan fingerprint density at radius 2 is 2.07 bits per heavy atom. The molecule has 0 unspecified atom stereocenters. The fourth-order valence-corrected chi connectivity index (χ4v) is 3.99. The Balaban J connectivity index is 1.69. The van der Waals surface area contributed by atoms with Crippen molar-refractivity contribution in [1.82, 2.24) is 20.4 Å². The number of nitrogens with one attached hydrogen (secondary N) is 2. The number of aliphatic hydroxyl groups is 1. The van der Waals surface area contributed by atoms with Crippen LogP contribution in [0.5, 0.6) is 0 Å². The predicted octanol–water partition coefficient (Wildman–Crippen LogP) is 3.02. The summed E-state index contributed by atoms with van der Waals surface area (Å²) in [5, 5.41) is 22.6. The van der Waals surface area contributed by atoms with Crippen molar-refractivity contribution in [3.05, 3.63) is 30.0 Å². The molecule has 1 aromatic carbocycles. The zero-order valence-corrected chi connectivity index (χ0v) is 16.8. The monoisotopic (exact) mass is 372 g/mol. The molecule has 148 valence electrons. The van der Waals surface area contributed by atoms with Gasteiger partial charge in [0.05, 0.1) is 11.1 Å². The van der Waals surface area contributed by atoms with Gasteiger partial charge in [0, 0.05) is 30.1 Å². The molecular weight excluding hydrogens is 340 g/mol. The highest BCUT2D eigenvalue weighted by atomic mass is 16.3. The second-order valence-corrected chi connectivity index (χ2v) is 8.05. The van der Waals surface area contributed by atoms with E-state index in [9.17, 15) is 9.90 Å². The van der Waals surface area contributed by atoms with Crippen molar-refractivity contribution in [2.45, 2.75) is 77.1 Å². The van der Waals surface area contributed by atoms with E-state index in [1.54, 1.807) is 0 Å². The highest BCUT2D eigenvalue weighted by Crippen LogP contribution is 2.26. The number of hydrogen-bond donors (Lipinski definition) is 3. The van der Waals surface area contributed by atoms with Crippen LogP contribution < -0.4 is 10.6 Å². The lowest BCUT2D eigenvalue weighted by Crippen LogP contribution is -2.36. The molecule has 2 heterocycles. The number of nitrogens with zero attached hydrogens (tertiary/aromatic N) is 2. The van der Waals surface area contributed by atoms with Crippen molar-refractivity contribution in [1.29, 1.82) is 0 Å². The Labute approximate surface area is 161 Å². The molecule has 3 N–H and O–H groups in total. The average Bonchev–Trinajstić information content (AvgIpc) is 3.25. The van der Waals surface area contributed by atoms with E-state index < -0.39 is 5.60 Å². The van der Waals surface area contributed by atoms with Crippen LogP contribution in [0.25, 0.3) is 10.9 Å². The zero-order chi connectivity index (χ0) is 19.6. The minimum absolute atomic E-state index is 0.0587. The fraction of sp³-hybridized carbons (Fsp3) is 0.619. The smallest absolute Gasteiger partial charge is 0.272 e. The molecular formula is C21H32N4O2. The van der Waals surface area contributed by atoms with Crippen molar-refractivity contribution >= 4 is 16.8 Å². The summed E-state index contributed by atoms with van der Waals surface area (Å²) in [6.45, 7) is 8.90. The van der Waals surface area contributed by atoms with Gasteiger partial charge in [-0.3, -0.25) is 9.48 Å². The molecule has 1 aromatic heterocycles. The Morgan fingerprint density at radius 3 is 2.74 bits per heavy atom. The van der Waals surface area contributed by atoms with Gasteiger partial charge in [0.1, 0.15) is 0 Å². The van der Waals surface area contributed by atoms with Gasteiger partial charge >= 0.3 is 0 Å². The summed E-state index contributed by atoms with van der Waals surface area (Å²) in [6, 6.07) is 8.34. The van der Waals surface area contributed by atoms with Crippen LogP contribution in [0, 0.1) is 0 Å². The van der Waals surface area contributed by atoms with Crippen molar-refractivity contribution in [3.63, 3.8) is 0 Å². The molecule has 2 aromatic rings. The minimum Gasteiger partial charge on any atom is -0.390 e. The van der Waals surface area contributed by atoms with Crippen LogP contribution in [0.1, 0.15) is 69.9 Å². The predicted molar refractivity (Wildman–Crippen MR) is 108 cm³/mol. The van der Waals surface area contributed by atoms with Gasteiger partial charge < -0.3 is 15.7 Å². The quantitative estimate of drug-likeness (QED) is 0.698. The van der Waals surface area contributed by atoms with Gasteiger partial charge in [-0.2, -0.15) is 5.10 Å². The largest absolute Gasteiger partial charge is 0.390 e. The van der Waals surface area contributed by atoms with E-state index in [-0.39, 0.29) is 24.0 Å². The number of aromatic nitrogens is 2. The maximum Gasteiger partial charge on any atom is 0.272 e. The van der Waals surface area contributed by atoms with Gasteiger partial charge in [0.25, 0.3) is 5.91 Å². The van der Waals surface area contributed by atoms with E-state index in [1.165, 1.54) is 0 Å². The third-order valence-electron chi connectivity index (χ3n) is 5.82. The van der Waals surface area contributed by atoms with Crippen molar-refractivity contribution in [2.24, 2.45) is 0 Å². The third-order valence-corrected chi connectivity index (χ3v) is 5.82. The van der Waals surface area contributed by atoms with E-state index in [4.69, 9.17) is 0 Å². The van der Waals surface area contributed by atoms with Gasteiger partial charge in [0.15, 0.2) is 5.69 Å². The van der Waals surface area contributed by atoms with E-state index in [1.807, 2.05) is 42.8 Å². The van der Waals surface area contributed by atoms with Gasteiger partial charge in [-0.15, -0.1) is 0 Å². The van der Waals surface area contributed by atoms with E-state index >= 15 is 0 Å². The summed E-state index contributed by atoms with van der Waals surface area (Å²) >= 11 is 0. The first-order valence-electron chi connectivity index (χ1n) is 10.1. The first-order chi connectivity index (χ1) is 12.9. The van der Waals surface area contributed by atoms with Gasteiger partial charge in [-0.05, 0) is 45.6 Å². The van der Waals surface area contributed by atoms with Crippen LogP contribution in [0.2, 0.25) is 0 Å². The second-order valence-electron chi connectivity index (χ2n) is 8.05. The molecule has 0 saturated carbocycles. The lowest BCUT2D eigenvalue weighted by atomic mass is 9.89. The number of carbonyl (C=O) groups is 1. The maximum absolute atomic E-state index is 12.9. The molecule has 1 saturated heterocycles. The van der Waals surface area contributed by atoms with Gasteiger partial charge in [-0.1, -0.05) is 32.0 Å². The Bertz CT molecular complexity index is 795. The molecule has 0 aliphatic carbocycles. The Hall–Kier alpha value is -1.92. The highest BCUT2D eigenvalue weighted by molar-refractivity contribution is 6.05. The molecule has 2 atom stereocenters. The average molecular weight is 373 g/mol. The minimum atomic E-state index is -0.622. The van der Waals surface area contributed by atoms with E-state index in [0.717, 1.165) is 43.1 Å². The van der Waals surface area contributed by atoms with Crippen molar-refractivity contribution in [2.75, 3.05) is 6.54 Å². The molecule has 27 heavy (non-hydrogen) atoms. The number of amides is 1. The number of hydrogen-bond acceptors (Lipinski definition) is 4. The summed E-state index contributed by atoms with van der Waals surface area (Å²) in [5.74, 6) is -0.126. The van der Waals surface area contributed by atoms with E-state index in [0.29, 0.717) is 5.69 Å². The van der Waals surface area contributed by atoms with Crippen LogP contribution in [0.3, 0.4) is 0 Å². The van der Waals surface area contributed by atoms with Crippen LogP contribution in [0.4, 0.5) is 0 Å². The molecule has 6 heteroatoms. The fourth-order valence-electron chi connectivity index (χ4n) is 3.99. The van der Waals surface area contributed by atoms with E-state index in [2.05, 4.69) is 29.6 Å². The molecule has 0 spiro atoms. The summed E-state index contributed by atoms with van der Waals surface area (Å²) in [7, 11) is 0. The molecule has 1 fully saturated rings. The lowest BCUT2D eigenvalue weighted by molar-refractivity contribution is 0.0154. The first-order valence-corrected chi connectivity index (χ1v) is 10.1. The second kappa shape index (κ2) is 7.98. The third kappa shape index (κ3) is 4.17. The van der Waals surface area contributed by atoms with Gasteiger partial charge in [0.2, 0.25) is 0 Å². The highest BCUT2D eigenvalue weighted by Gasteiger charge is 2.33. The van der Waals surface area contributed by atoms with Crippen LogP contribution in [0.15, 0.2) is 24.3 Å². The number of benzene rings is 1. The van der Waals surface area contributed by atoms with Crippen molar-refractivity contribution in [3.8, 4) is 0 Å². The summed E-state index contributed by atoms with van der Waals surface area (Å²) in [5.41, 5.74) is 0.848. The SMILES string of the molecule is CCC(O)(CC)C[C@@H]1C[C@H](NC(=O)c2nn(C(C)C)c3ccccc23)CN1.